The van der Waals surface area contributed by atoms with E-state index in [0.717, 1.165) is 37.8 Å². The number of nitrogens with zero attached hydrogens (tertiary/aromatic N) is 2. The molecule has 1 saturated heterocycles. The summed E-state index contributed by atoms with van der Waals surface area (Å²) in [5.41, 5.74) is 1.33. The van der Waals surface area contributed by atoms with Gasteiger partial charge in [-0.15, -0.1) is 0 Å². The Labute approximate surface area is 166 Å². The SMILES string of the molecule is O=C(c1cccc(OCC2CCCO2)c1)n1ccccc1=NC1CCCCC1. The highest BCUT2D eigenvalue weighted by atomic mass is 16.5. The third kappa shape index (κ3) is 4.71. The van der Waals surface area contributed by atoms with Crippen LogP contribution in [0.2, 0.25) is 0 Å². The smallest absolute Gasteiger partial charge is 0.263 e. The van der Waals surface area contributed by atoms with Crippen LogP contribution in [-0.2, 0) is 4.74 Å². The lowest BCUT2D eigenvalue weighted by Crippen LogP contribution is -2.29. The Balaban J connectivity index is 1.53. The Morgan fingerprint density at radius 2 is 1.96 bits per heavy atom. The molecule has 28 heavy (non-hydrogen) atoms. The highest BCUT2D eigenvalue weighted by Gasteiger charge is 2.17. The highest BCUT2D eigenvalue weighted by Crippen LogP contribution is 2.20. The molecule has 1 saturated carbocycles. The van der Waals surface area contributed by atoms with Gasteiger partial charge in [0.25, 0.3) is 5.91 Å². The molecule has 0 N–H and O–H groups in total. The summed E-state index contributed by atoms with van der Waals surface area (Å²) in [7, 11) is 0. The number of carbonyl (C=O) groups is 1. The van der Waals surface area contributed by atoms with Crippen LogP contribution in [0.3, 0.4) is 0 Å². The Morgan fingerprint density at radius 3 is 2.79 bits per heavy atom. The third-order valence-corrected chi connectivity index (χ3v) is 5.49. The van der Waals surface area contributed by atoms with Crippen molar-refractivity contribution in [3.63, 3.8) is 0 Å². The molecule has 4 rings (SSSR count). The van der Waals surface area contributed by atoms with E-state index in [-0.39, 0.29) is 12.0 Å². The molecule has 1 aromatic heterocycles. The van der Waals surface area contributed by atoms with Crippen molar-refractivity contribution in [2.75, 3.05) is 13.2 Å². The van der Waals surface area contributed by atoms with Gasteiger partial charge in [-0.2, -0.15) is 0 Å². The minimum absolute atomic E-state index is 0.0854. The highest BCUT2D eigenvalue weighted by molar-refractivity contribution is 5.96. The Hall–Kier alpha value is -2.40. The van der Waals surface area contributed by atoms with E-state index < -0.39 is 0 Å². The molecule has 1 aromatic carbocycles. The normalized spacial score (nSPS) is 21.0. The molecule has 2 fully saturated rings. The van der Waals surface area contributed by atoms with Crippen LogP contribution < -0.4 is 10.2 Å². The molecule has 0 radical (unpaired) electrons. The number of hydrogen-bond donors (Lipinski definition) is 0. The van der Waals surface area contributed by atoms with E-state index in [1.165, 1.54) is 19.3 Å². The van der Waals surface area contributed by atoms with E-state index in [9.17, 15) is 4.79 Å². The molecule has 2 aromatic rings. The molecule has 5 heteroatoms. The zero-order valence-electron chi connectivity index (χ0n) is 16.3. The van der Waals surface area contributed by atoms with Crippen molar-refractivity contribution in [3.8, 4) is 5.75 Å². The van der Waals surface area contributed by atoms with Gasteiger partial charge in [-0.3, -0.25) is 14.4 Å². The van der Waals surface area contributed by atoms with Gasteiger partial charge in [0, 0.05) is 18.4 Å². The fourth-order valence-electron chi connectivity index (χ4n) is 3.93. The summed E-state index contributed by atoms with van der Waals surface area (Å²) in [6.45, 7) is 1.34. The zero-order valence-corrected chi connectivity index (χ0v) is 16.3. The Bertz CT molecular complexity index is 862. The number of ether oxygens (including phenoxy) is 2. The van der Waals surface area contributed by atoms with Crippen LogP contribution in [0.25, 0.3) is 0 Å². The molecular formula is C23H28N2O3. The van der Waals surface area contributed by atoms with Crippen molar-refractivity contribution in [1.29, 1.82) is 0 Å². The Morgan fingerprint density at radius 1 is 1.07 bits per heavy atom. The topological polar surface area (TPSA) is 52.8 Å². The summed E-state index contributed by atoms with van der Waals surface area (Å²) in [5.74, 6) is 0.612. The van der Waals surface area contributed by atoms with Crippen molar-refractivity contribution in [2.45, 2.75) is 57.1 Å². The van der Waals surface area contributed by atoms with Crippen LogP contribution >= 0.6 is 0 Å². The van der Waals surface area contributed by atoms with Crippen LogP contribution in [0.5, 0.6) is 5.75 Å². The number of carbonyl (C=O) groups excluding carboxylic acids is 1. The van der Waals surface area contributed by atoms with E-state index in [0.29, 0.717) is 24.0 Å². The minimum Gasteiger partial charge on any atom is -0.491 e. The summed E-state index contributed by atoms with van der Waals surface area (Å²) in [5, 5.41) is 0. The lowest BCUT2D eigenvalue weighted by atomic mass is 9.96. The van der Waals surface area contributed by atoms with Gasteiger partial charge < -0.3 is 9.47 Å². The van der Waals surface area contributed by atoms with Crippen LogP contribution in [-0.4, -0.2) is 35.8 Å². The molecule has 0 spiro atoms. The quantitative estimate of drug-likeness (QED) is 0.789. The molecule has 5 nitrogen and oxygen atoms in total. The first-order chi connectivity index (χ1) is 13.8. The van der Waals surface area contributed by atoms with Crippen molar-refractivity contribution in [2.24, 2.45) is 4.99 Å². The predicted octanol–water partition coefficient (Wildman–Crippen LogP) is 3.97. The molecular weight excluding hydrogens is 352 g/mol. The van der Waals surface area contributed by atoms with Crippen LogP contribution in [0.15, 0.2) is 53.7 Å². The molecule has 148 valence electrons. The average molecular weight is 380 g/mol. The number of rotatable bonds is 5. The lowest BCUT2D eigenvalue weighted by molar-refractivity contribution is 0.0679. The van der Waals surface area contributed by atoms with Gasteiger partial charge >= 0.3 is 0 Å². The summed E-state index contributed by atoms with van der Waals surface area (Å²) < 4.78 is 13.1. The number of aromatic nitrogens is 1. The molecule has 1 aliphatic carbocycles. The molecule has 0 amide bonds. The second kappa shape index (κ2) is 9.20. The number of pyridine rings is 1. The monoisotopic (exact) mass is 380 g/mol. The van der Waals surface area contributed by atoms with E-state index in [1.807, 2.05) is 42.5 Å². The molecule has 2 heterocycles. The first-order valence-corrected chi connectivity index (χ1v) is 10.4. The Kier molecular flexibility index (Phi) is 6.22. The number of hydrogen-bond acceptors (Lipinski definition) is 4. The van der Waals surface area contributed by atoms with Gasteiger partial charge in [0.15, 0.2) is 0 Å². The zero-order chi connectivity index (χ0) is 19.2. The summed E-state index contributed by atoms with van der Waals surface area (Å²) >= 11 is 0. The van der Waals surface area contributed by atoms with Crippen LogP contribution in [0, 0.1) is 0 Å². The van der Waals surface area contributed by atoms with Crippen molar-refractivity contribution in [3.05, 3.63) is 59.7 Å². The maximum Gasteiger partial charge on any atom is 0.263 e. The number of benzene rings is 1. The largest absolute Gasteiger partial charge is 0.491 e. The standard InChI is InChI=1S/C23H28N2O3/c26-23(18-8-6-11-20(16-18)28-17-21-12-7-15-27-21)25-14-5-4-13-22(25)24-19-9-2-1-3-10-19/h4-6,8,11,13-14,16,19,21H,1-3,7,9-10,12,15,17H2. The fourth-order valence-corrected chi connectivity index (χ4v) is 3.93. The maximum atomic E-state index is 13.1. The fraction of sp³-hybridized carbons (Fsp3) is 0.478. The predicted molar refractivity (Wildman–Crippen MR) is 108 cm³/mol. The van der Waals surface area contributed by atoms with Crippen molar-refractivity contribution in [1.82, 2.24) is 4.57 Å². The maximum absolute atomic E-state index is 13.1. The van der Waals surface area contributed by atoms with Gasteiger partial charge in [-0.05, 0) is 56.0 Å². The summed E-state index contributed by atoms with van der Waals surface area (Å²) in [4.78, 5) is 18.0. The van der Waals surface area contributed by atoms with E-state index in [4.69, 9.17) is 14.5 Å². The van der Waals surface area contributed by atoms with E-state index in [2.05, 4.69) is 0 Å². The van der Waals surface area contributed by atoms with Gasteiger partial charge in [-0.1, -0.05) is 31.4 Å². The average Bonchev–Trinajstić information content (AvgIpc) is 3.27. The first-order valence-electron chi connectivity index (χ1n) is 10.4. The minimum atomic E-state index is -0.0854. The lowest BCUT2D eigenvalue weighted by Gasteiger charge is -2.18. The summed E-state index contributed by atoms with van der Waals surface area (Å²) in [6.07, 6.45) is 10.0. The second-order valence-corrected chi connectivity index (χ2v) is 7.63. The van der Waals surface area contributed by atoms with Crippen molar-refractivity contribution < 1.29 is 14.3 Å². The molecule has 1 unspecified atom stereocenters. The van der Waals surface area contributed by atoms with Gasteiger partial charge in [0.1, 0.15) is 17.8 Å². The first kappa shape index (κ1) is 18.9. The van der Waals surface area contributed by atoms with E-state index in [1.54, 1.807) is 10.8 Å². The second-order valence-electron chi connectivity index (χ2n) is 7.63. The summed E-state index contributed by atoms with van der Waals surface area (Å²) in [6, 6.07) is 13.4. The van der Waals surface area contributed by atoms with Gasteiger partial charge in [0.2, 0.25) is 0 Å². The molecule has 1 atom stereocenters. The molecule has 0 bridgehead atoms. The van der Waals surface area contributed by atoms with Crippen LogP contribution in [0.1, 0.15) is 55.3 Å². The molecule has 1 aliphatic heterocycles. The van der Waals surface area contributed by atoms with Crippen LogP contribution in [0.4, 0.5) is 0 Å². The van der Waals surface area contributed by atoms with E-state index >= 15 is 0 Å². The van der Waals surface area contributed by atoms with Gasteiger partial charge in [0.05, 0.1) is 12.1 Å². The van der Waals surface area contributed by atoms with Crippen molar-refractivity contribution >= 4 is 5.91 Å². The van der Waals surface area contributed by atoms with Gasteiger partial charge in [-0.25, -0.2) is 0 Å². The molecule has 2 aliphatic rings. The third-order valence-electron chi connectivity index (χ3n) is 5.49.